The second-order valence-electron chi connectivity index (χ2n) is 9.97. The van der Waals surface area contributed by atoms with Crippen LogP contribution in [-0.2, 0) is 0 Å². The van der Waals surface area contributed by atoms with Crippen LogP contribution in [0.4, 0.5) is 4.39 Å². The summed E-state index contributed by atoms with van der Waals surface area (Å²) in [6.07, 6.45) is 9.62. The molecular weight excluding hydrogens is 441 g/mol. The Morgan fingerprint density at radius 1 is 0.971 bits per heavy atom. The molecule has 6 heteroatoms. The number of aromatic nitrogens is 1. The highest BCUT2D eigenvalue weighted by molar-refractivity contribution is 6.06. The average molecular weight is 476 g/mol. The zero-order chi connectivity index (χ0) is 24.0. The van der Waals surface area contributed by atoms with Crippen LogP contribution >= 0.6 is 0 Å². The number of fused-ring (bicyclic) bond motifs is 1. The maximum Gasteiger partial charge on any atom is 0.252 e. The van der Waals surface area contributed by atoms with Crippen molar-refractivity contribution < 1.29 is 13.9 Å². The Labute approximate surface area is 206 Å². The third kappa shape index (κ3) is 6.17. The lowest BCUT2D eigenvalue weighted by atomic mass is 9.83. The molecule has 3 aromatic rings. The number of amides is 1. The van der Waals surface area contributed by atoms with Crippen LogP contribution in [0.2, 0.25) is 0 Å². The summed E-state index contributed by atoms with van der Waals surface area (Å²) in [6, 6.07) is 16.2. The number of nitrogens with one attached hydrogen (secondary N) is 1. The zero-order valence-corrected chi connectivity index (χ0v) is 20.2. The van der Waals surface area contributed by atoms with Gasteiger partial charge in [-0.3, -0.25) is 9.78 Å². The number of para-hydroxylation sites is 1. The quantitative estimate of drug-likeness (QED) is 0.484. The highest BCUT2D eigenvalue weighted by Gasteiger charge is 2.25. The van der Waals surface area contributed by atoms with Gasteiger partial charge in [0, 0.05) is 30.7 Å². The summed E-state index contributed by atoms with van der Waals surface area (Å²) >= 11 is 0. The summed E-state index contributed by atoms with van der Waals surface area (Å²) in [7, 11) is 0. The number of likely N-dealkylation sites (tertiary alicyclic amines) is 1. The number of carbonyl (C=O) groups is 1. The normalized spacial score (nSPS) is 21.6. The number of nitrogens with zero attached hydrogens (tertiary/aromatic N) is 2. The third-order valence-corrected chi connectivity index (χ3v) is 7.58. The number of carbonyl (C=O) groups excluding carboxylic acids is 1. The van der Waals surface area contributed by atoms with Crippen LogP contribution in [0.15, 0.2) is 60.8 Å². The van der Waals surface area contributed by atoms with E-state index in [9.17, 15) is 9.18 Å². The second kappa shape index (κ2) is 11.2. The lowest BCUT2D eigenvalue weighted by Gasteiger charge is -2.34. The van der Waals surface area contributed by atoms with Crippen molar-refractivity contribution in [3.8, 4) is 5.75 Å². The Bertz CT molecular complexity index is 1110. The van der Waals surface area contributed by atoms with Crippen LogP contribution < -0.4 is 10.1 Å². The second-order valence-corrected chi connectivity index (χ2v) is 9.97. The van der Waals surface area contributed by atoms with Crippen molar-refractivity contribution in [3.63, 3.8) is 0 Å². The van der Waals surface area contributed by atoms with Crippen LogP contribution in [0.1, 0.15) is 55.3 Å². The van der Waals surface area contributed by atoms with Gasteiger partial charge in [0.05, 0.1) is 11.1 Å². The summed E-state index contributed by atoms with van der Waals surface area (Å²) in [5.74, 6) is 1.27. The molecule has 0 unspecified atom stereocenters. The van der Waals surface area contributed by atoms with Gasteiger partial charge in [-0.2, -0.15) is 0 Å². The first-order chi connectivity index (χ1) is 17.1. The first kappa shape index (κ1) is 23.7. The SMILES string of the molecule is O=C(N[C@H]1CC[C@H](CCN2CCC(Oc3ccc(F)cc3)CC2)CC1)c1ccnc2ccccc12. The lowest BCUT2D eigenvalue weighted by Crippen LogP contribution is -2.40. The Kier molecular flexibility index (Phi) is 7.57. The fourth-order valence-electron chi connectivity index (χ4n) is 5.47. The molecule has 0 spiro atoms. The Morgan fingerprint density at radius 2 is 1.71 bits per heavy atom. The molecule has 2 fully saturated rings. The number of hydrogen-bond acceptors (Lipinski definition) is 4. The average Bonchev–Trinajstić information content (AvgIpc) is 2.90. The molecule has 1 aliphatic carbocycles. The molecule has 0 atom stereocenters. The first-order valence-electron chi connectivity index (χ1n) is 12.9. The van der Waals surface area contributed by atoms with Crippen LogP contribution in [0.5, 0.6) is 5.75 Å². The Morgan fingerprint density at radius 3 is 2.49 bits per heavy atom. The molecule has 2 aromatic carbocycles. The molecule has 5 rings (SSSR count). The highest BCUT2D eigenvalue weighted by atomic mass is 19.1. The van der Waals surface area contributed by atoms with E-state index >= 15 is 0 Å². The number of benzene rings is 2. The molecule has 1 aromatic heterocycles. The highest BCUT2D eigenvalue weighted by Crippen LogP contribution is 2.28. The molecule has 1 saturated carbocycles. The van der Waals surface area contributed by atoms with Crippen molar-refractivity contribution in [2.75, 3.05) is 19.6 Å². The Balaban J connectivity index is 1.01. The van der Waals surface area contributed by atoms with Crippen molar-refractivity contribution in [3.05, 3.63) is 72.2 Å². The van der Waals surface area contributed by atoms with Gasteiger partial charge in [-0.15, -0.1) is 0 Å². The minimum Gasteiger partial charge on any atom is -0.490 e. The van der Waals surface area contributed by atoms with Gasteiger partial charge >= 0.3 is 0 Å². The molecular formula is C29H34FN3O2. The summed E-state index contributed by atoms with van der Waals surface area (Å²) < 4.78 is 19.1. The van der Waals surface area contributed by atoms with Gasteiger partial charge in [0.25, 0.3) is 5.91 Å². The molecule has 35 heavy (non-hydrogen) atoms. The van der Waals surface area contributed by atoms with E-state index in [1.807, 2.05) is 30.3 Å². The van der Waals surface area contributed by atoms with Gasteiger partial charge in [0.1, 0.15) is 17.7 Å². The number of pyridine rings is 1. The Hall–Kier alpha value is -2.99. The van der Waals surface area contributed by atoms with Gasteiger partial charge < -0.3 is 15.0 Å². The molecule has 5 nitrogen and oxygen atoms in total. The van der Waals surface area contributed by atoms with Crippen molar-refractivity contribution in [1.82, 2.24) is 15.2 Å². The first-order valence-corrected chi connectivity index (χ1v) is 12.9. The minimum absolute atomic E-state index is 0.0118. The van der Waals surface area contributed by atoms with Crippen LogP contribution in [0.25, 0.3) is 10.9 Å². The van der Waals surface area contributed by atoms with Crippen LogP contribution in [-0.4, -0.2) is 47.6 Å². The van der Waals surface area contributed by atoms with E-state index in [1.165, 1.54) is 31.4 Å². The maximum absolute atomic E-state index is 13.1. The van der Waals surface area contributed by atoms with E-state index in [0.29, 0.717) is 5.56 Å². The predicted octanol–water partition coefficient (Wildman–Crippen LogP) is 5.60. The van der Waals surface area contributed by atoms with Gasteiger partial charge in [-0.05, 0) is 93.8 Å². The minimum atomic E-state index is -0.231. The van der Waals surface area contributed by atoms with E-state index in [4.69, 9.17) is 4.74 Å². The van der Waals surface area contributed by atoms with Gasteiger partial charge in [0.15, 0.2) is 0 Å². The monoisotopic (exact) mass is 475 g/mol. The fraction of sp³-hybridized carbons (Fsp3) is 0.448. The number of rotatable bonds is 7. The van der Waals surface area contributed by atoms with Crippen molar-refractivity contribution in [1.29, 1.82) is 0 Å². The summed E-state index contributed by atoms with van der Waals surface area (Å²) in [5.41, 5.74) is 1.57. The summed E-state index contributed by atoms with van der Waals surface area (Å²) in [6.45, 7) is 3.24. The number of ether oxygens (including phenoxy) is 1. The topological polar surface area (TPSA) is 54.5 Å². The van der Waals surface area contributed by atoms with Gasteiger partial charge in [-0.1, -0.05) is 18.2 Å². The molecule has 2 aliphatic rings. The molecule has 1 aliphatic heterocycles. The van der Waals surface area contributed by atoms with E-state index < -0.39 is 0 Å². The largest absolute Gasteiger partial charge is 0.490 e. The zero-order valence-electron chi connectivity index (χ0n) is 20.2. The summed E-state index contributed by atoms with van der Waals surface area (Å²) in [4.78, 5) is 19.8. The number of piperidine rings is 1. The predicted molar refractivity (Wildman–Crippen MR) is 136 cm³/mol. The van der Waals surface area contributed by atoms with Crippen LogP contribution in [0, 0.1) is 11.7 Å². The van der Waals surface area contributed by atoms with Crippen molar-refractivity contribution >= 4 is 16.8 Å². The molecule has 1 N–H and O–H groups in total. The van der Waals surface area contributed by atoms with Gasteiger partial charge in [-0.25, -0.2) is 4.39 Å². The summed E-state index contributed by atoms with van der Waals surface area (Å²) in [5, 5.41) is 4.18. The van der Waals surface area contributed by atoms with Gasteiger partial charge in [0.2, 0.25) is 0 Å². The maximum atomic E-state index is 13.1. The standard InChI is InChI=1S/C29H34FN3O2/c30-22-7-11-24(12-8-22)35-25-15-19-33(20-16-25)18-14-21-5-9-23(10-6-21)32-29(34)27-13-17-31-28-4-2-1-3-26(27)28/h1-4,7-8,11-13,17,21,23,25H,5-6,9-10,14-16,18-20H2,(H,32,34)/t21-,23-. The van der Waals surface area contributed by atoms with E-state index in [1.54, 1.807) is 18.3 Å². The molecule has 184 valence electrons. The van der Waals surface area contributed by atoms with E-state index in [-0.39, 0.29) is 23.9 Å². The molecule has 2 heterocycles. The van der Waals surface area contributed by atoms with Crippen LogP contribution in [0.3, 0.4) is 0 Å². The number of halogens is 1. The third-order valence-electron chi connectivity index (χ3n) is 7.58. The molecule has 1 amide bonds. The smallest absolute Gasteiger partial charge is 0.252 e. The van der Waals surface area contributed by atoms with E-state index in [0.717, 1.165) is 67.9 Å². The van der Waals surface area contributed by atoms with Crippen molar-refractivity contribution in [2.24, 2.45) is 5.92 Å². The van der Waals surface area contributed by atoms with Crippen molar-refractivity contribution in [2.45, 2.75) is 57.1 Å². The fourth-order valence-corrected chi connectivity index (χ4v) is 5.47. The molecule has 0 bridgehead atoms. The van der Waals surface area contributed by atoms with E-state index in [2.05, 4.69) is 15.2 Å². The molecule has 1 saturated heterocycles. The molecule has 0 radical (unpaired) electrons. The number of hydrogen-bond donors (Lipinski definition) is 1. The lowest BCUT2D eigenvalue weighted by molar-refractivity contribution is 0.0898.